The van der Waals surface area contributed by atoms with E-state index in [-0.39, 0.29) is 18.0 Å². The summed E-state index contributed by atoms with van der Waals surface area (Å²) in [4.78, 5) is 11.0. The molecule has 0 heterocycles. The van der Waals surface area contributed by atoms with E-state index in [9.17, 15) is 9.90 Å². The third-order valence-corrected chi connectivity index (χ3v) is 4.58. The van der Waals surface area contributed by atoms with Crippen molar-refractivity contribution in [3.05, 3.63) is 24.3 Å². The van der Waals surface area contributed by atoms with Crippen molar-refractivity contribution in [3.63, 3.8) is 0 Å². The first kappa shape index (κ1) is 14.3. The highest BCUT2D eigenvalue weighted by Gasteiger charge is 2.42. The lowest BCUT2D eigenvalue weighted by atomic mass is 9.89. The summed E-state index contributed by atoms with van der Waals surface area (Å²) in [5.41, 5.74) is 1.50. The third-order valence-electron chi connectivity index (χ3n) is 4.58. The zero-order chi connectivity index (χ0) is 13.8. The lowest BCUT2D eigenvalue weighted by Crippen LogP contribution is -2.16. The van der Waals surface area contributed by atoms with Gasteiger partial charge in [-0.25, -0.2) is 0 Å². The van der Waals surface area contributed by atoms with Gasteiger partial charge in [0.2, 0.25) is 0 Å². The fourth-order valence-corrected chi connectivity index (χ4v) is 3.57. The molecule has 106 valence electrons. The second kappa shape index (κ2) is 6.38. The highest BCUT2D eigenvalue weighted by Crippen LogP contribution is 2.47. The van der Waals surface area contributed by atoms with Gasteiger partial charge >= 0.3 is 5.97 Å². The van der Waals surface area contributed by atoms with E-state index in [0.29, 0.717) is 18.3 Å². The first-order chi connectivity index (χ1) is 9.15. The van der Waals surface area contributed by atoms with Crippen LogP contribution in [-0.4, -0.2) is 24.3 Å². The monoisotopic (exact) mass is 264 g/mol. The Morgan fingerprint density at radius 3 is 3.05 bits per heavy atom. The van der Waals surface area contributed by atoms with Crippen LogP contribution < -0.4 is 0 Å². The van der Waals surface area contributed by atoms with E-state index in [0.717, 1.165) is 32.1 Å². The Morgan fingerprint density at radius 1 is 1.58 bits per heavy atom. The van der Waals surface area contributed by atoms with Crippen LogP contribution in [0.1, 0.15) is 38.5 Å². The molecule has 1 saturated carbocycles. The van der Waals surface area contributed by atoms with Crippen molar-refractivity contribution >= 4 is 5.97 Å². The Hall–Kier alpha value is -1.09. The van der Waals surface area contributed by atoms with Gasteiger partial charge in [-0.05, 0) is 43.9 Å². The van der Waals surface area contributed by atoms with Gasteiger partial charge in [0.15, 0.2) is 0 Å². The van der Waals surface area contributed by atoms with Gasteiger partial charge in [0.05, 0.1) is 13.2 Å². The van der Waals surface area contributed by atoms with Crippen LogP contribution in [0.25, 0.3) is 0 Å². The number of aliphatic hydroxyl groups is 1. The summed E-state index contributed by atoms with van der Waals surface area (Å²) in [5, 5.41) is 9.93. The van der Waals surface area contributed by atoms with Crippen molar-refractivity contribution in [3.8, 4) is 0 Å². The quantitative estimate of drug-likeness (QED) is 0.456. The summed E-state index contributed by atoms with van der Waals surface area (Å²) in [6.07, 6.45) is 9.58. The molecular weight excluding hydrogens is 240 g/mol. The smallest absolute Gasteiger partial charge is 0.305 e. The van der Waals surface area contributed by atoms with Crippen LogP contribution in [0.4, 0.5) is 0 Å². The van der Waals surface area contributed by atoms with E-state index in [1.807, 2.05) is 6.08 Å². The summed E-state index contributed by atoms with van der Waals surface area (Å²) in [6.45, 7) is 3.85. The molecule has 2 rings (SSSR count). The predicted octanol–water partition coefficient (Wildman–Crippen LogP) is 2.85. The standard InChI is InChI=1S/C16H24O3/c1-3-13-14-9-11(8-12(14)10-15(13)17)6-4-5-7-16(18)19-2/h3,8,12-15,17H,1,4-7,9-10H2,2H3/t12?,13-,14?,15-/m1/s1. The number of rotatable bonds is 6. The van der Waals surface area contributed by atoms with E-state index in [1.54, 1.807) is 0 Å². The number of carbonyl (C=O) groups excluding carboxylic acids is 1. The molecule has 0 saturated heterocycles. The number of methoxy groups -OCH3 is 1. The van der Waals surface area contributed by atoms with Gasteiger partial charge in [-0.3, -0.25) is 4.79 Å². The Labute approximate surface area is 115 Å². The van der Waals surface area contributed by atoms with E-state index < -0.39 is 0 Å². The largest absolute Gasteiger partial charge is 0.469 e. The number of allylic oxidation sites excluding steroid dienone is 2. The molecule has 0 spiro atoms. The third kappa shape index (κ3) is 3.27. The lowest BCUT2D eigenvalue weighted by Gasteiger charge is -2.17. The Kier molecular flexibility index (Phi) is 4.81. The molecule has 3 nitrogen and oxygen atoms in total. The number of hydrogen-bond acceptors (Lipinski definition) is 3. The Bertz CT molecular complexity index is 372. The average Bonchev–Trinajstić information content (AvgIpc) is 2.90. The summed E-state index contributed by atoms with van der Waals surface area (Å²) >= 11 is 0. The minimum absolute atomic E-state index is 0.118. The van der Waals surface area contributed by atoms with Crippen LogP contribution in [0.2, 0.25) is 0 Å². The summed E-state index contributed by atoms with van der Waals surface area (Å²) in [5.74, 6) is 1.23. The molecular formula is C16H24O3. The number of esters is 1. The van der Waals surface area contributed by atoms with Crippen LogP contribution >= 0.6 is 0 Å². The summed E-state index contributed by atoms with van der Waals surface area (Å²) in [7, 11) is 1.43. The molecule has 0 aromatic rings. The Morgan fingerprint density at radius 2 is 2.37 bits per heavy atom. The minimum atomic E-state index is -0.204. The second-order valence-corrected chi connectivity index (χ2v) is 5.76. The maximum atomic E-state index is 11.0. The van der Waals surface area contributed by atoms with Crippen molar-refractivity contribution in [2.75, 3.05) is 7.11 Å². The molecule has 2 unspecified atom stereocenters. The van der Waals surface area contributed by atoms with Crippen molar-refractivity contribution in [2.45, 2.75) is 44.6 Å². The highest BCUT2D eigenvalue weighted by molar-refractivity contribution is 5.68. The van der Waals surface area contributed by atoms with Crippen LogP contribution in [0, 0.1) is 17.8 Å². The van der Waals surface area contributed by atoms with Crippen molar-refractivity contribution < 1.29 is 14.6 Å². The molecule has 0 amide bonds. The van der Waals surface area contributed by atoms with Gasteiger partial charge in [0, 0.05) is 12.3 Å². The van der Waals surface area contributed by atoms with Crippen molar-refractivity contribution in [1.82, 2.24) is 0 Å². The number of fused-ring (bicyclic) bond motifs is 1. The van der Waals surface area contributed by atoms with Gasteiger partial charge < -0.3 is 9.84 Å². The van der Waals surface area contributed by atoms with E-state index in [1.165, 1.54) is 12.7 Å². The summed E-state index contributed by atoms with van der Waals surface area (Å²) < 4.78 is 4.63. The van der Waals surface area contributed by atoms with Gasteiger partial charge in [0.25, 0.3) is 0 Å². The first-order valence-corrected chi connectivity index (χ1v) is 7.22. The number of hydrogen-bond donors (Lipinski definition) is 1. The zero-order valence-electron chi connectivity index (χ0n) is 11.7. The summed E-state index contributed by atoms with van der Waals surface area (Å²) in [6, 6.07) is 0. The van der Waals surface area contributed by atoms with Crippen LogP contribution in [0.3, 0.4) is 0 Å². The topological polar surface area (TPSA) is 46.5 Å². The fourth-order valence-electron chi connectivity index (χ4n) is 3.57. The van der Waals surface area contributed by atoms with Crippen LogP contribution in [0.5, 0.6) is 0 Å². The predicted molar refractivity (Wildman–Crippen MR) is 74.5 cm³/mol. The molecule has 1 fully saturated rings. The van der Waals surface area contributed by atoms with Crippen LogP contribution in [-0.2, 0) is 9.53 Å². The number of carbonyl (C=O) groups is 1. The number of ether oxygens (including phenoxy) is 1. The SMILES string of the molecule is C=C[C@@H]1C2CC(CCCCC(=O)OC)=CC2C[C@H]1O. The first-order valence-electron chi connectivity index (χ1n) is 7.22. The zero-order valence-corrected chi connectivity index (χ0v) is 11.7. The molecule has 0 aromatic carbocycles. The molecule has 3 heteroatoms. The highest BCUT2D eigenvalue weighted by atomic mass is 16.5. The fraction of sp³-hybridized carbons (Fsp3) is 0.688. The second-order valence-electron chi connectivity index (χ2n) is 5.76. The molecule has 0 radical (unpaired) electrons. The molecule has 4 atom stereocenters. The molecule has 2 aliphatic carbocycles. The molecule has 1 N–H and O–H groups in total. The molecule has 2 aliphatic rings. The lowest BCUT2D eigenvalue weighted by molar-refractivity contribution is -0.140. The average molecular weight is 264 g/mol. The van der Waals surface area contributed by atoms with Gasteiger partial charge in [0.1, 0.15) is 0 Å². The molecule has 0 bridgehead atoms. The molecule has 0 aromatic heterocycles. The van der Waals surface area contributed by atoms with Gasteiger partial charge in [-0.2, -0.15) is 0 Å². The normalized spacial score (nSPS) is 32.8. The maximum absolute atomic E-state index is 11.0. The molecule has 0 aliphatic heterocycles. The van der Waals surface area contributed by atoms with E-state index >= 15 is 0 Å². The van der Waals surface area contributed by atoms with Gasteiger partial charge in [-0.15, -0.1) is 6.58 Å². The van der Waals surface area contributed by atoms with Crippen molar-refractivity contribution in [1.29, 1.82) is 0 Å². The maximum Gasteiger partial charge on any atom is 0.305 e. The van der Waals surface area contributed by atoms with E-state index in [2.05, 4.69) is 17.4 Å². The van der Waals surface area contributed by atoms with E-state index in [4.69, 9.17) is 0 Å². The van der Waals surface area contributed by atoms with Crippen LogP contribution in [0.15, 0.2) is 24.3 Å². The minimum Gasteiger partial charge on any atom is -0.469 e. The van der Waals surface area contributed by atoms with Gasteiger partial charge in [-0.1, -0.05) is 17.7 Å². The number of unbranched alkanes of at least 4 members (excludes halogenated alkanes) is 1. The molecule has 19 heavy (non-hydrogen) atoms. The Balaban J connectivity index is 1.74. The number of aliphatic hydroxyl groups excluding tert-OH is 1. The van der Waals surface area contributed by atoms with Crippen molar-refractivity contribution in [2.24, 2.45) is 17.8 Å².